The molecule has 1 aliphatic carbocycles. The molecule has 0 bridgehead atoms. The number of rotatable bonds is 14. The Bertz CT molecular complexity index is 391. The van der Waals surface area contributed by atoms with Crippen molar-refractivity contribution < 1.29 is 14.2 Å². The van der Waals surface area contributed by atoms with Crippen LogP contribution in [0.15, 0.2) is 4.99 Å². The number of methoxy groups -OCH3 is 1. The lowest BCUT2D eigenvalue weighted by atomic mass is 10.2. The molecule has 2 aliphatic rings. The molecule has 1 saturated heterocycles. The van der Waals surface area contributed by atoms with Gasteiger partial charge in [0.15, 0.2) is 5.96 Å². The Kier molecular flexibility index (Phi) is 14.5. The van der Waals surface area contributed by atoms with Crippen molar-refractivity contribution in [3.63, 3.8) is 0 Å². The van der Waals surface area contributed by atoms with Crippen LogP contribution in [-0.4, -0.2) is 89.3 Å². The summed E-state index contributed by atoms with van der Waals surface area (Å²) >= 11 is 0. The summed E-state index contributed by atoms with van der Waals surface area (Å²) in [5.74, 6) is 0.897. The number of halogens is 1. The van der Waals surface area contributed by atoms with Crippen LogP contribution in [0.3, 0.4) is 0 Å². The first-order valence-electron chi connectivity index (χ1n) is 10.3. The maximum absolute atomic E-state index is 5.69. The largest absolute Gasteiger partial charge is 0.383 e. The lowest BCUT2D eigenvalue weighted by molar-refractivity contribution is 0.0171. The van der Waals surface area contributed by atoms with E-state index in [0.717, 1.165) is 84.0 Å². The van der Waals surface area contributed by atoms with Crippen molar-refractivity contribution in [3.8, 4) is 0 Å². The molecule has 1 unspecified atom stereocenters. The van der Waals surface area contributed by atoms with Gasteiger partial charge in [-0.1, -0.05) is 0 Å². The van der Waals surface area contributed by atoms with Gasteiger partial charge in [-0.15, -0.1) is 24.0 Å². The third kappa shape index (κ3) is 11.4. The average Bonchev–Trinajstić information content (AvgIpc) is 3.36. The highest BCUT2D eigenvalue weighted by molar-refractivity contribution is 14.0. The molecule has 0 amide bonds. The molecular weight excluding hydrogens is 459 g/mol. The minimum absolute atomic E-state index is 0. The van der Waals surface area contributed by atoms with Gasteiger partial charge in [-0.2, -0.15) is 0 Å². The van der Waals surface area contributed by atoms with E-state index in [-0.39, 0.29) is 24.0 Å². The molecule has 1 heterocycles. The predicted octanol–water partition coefficient (Wildman–Crippen LogP) is 1.86. The highest BCUT2D eigenvalue weighted by Gasteiger charge is 2.28. The molecule has 27 heavy (non-hydrogen) atoms. The summed E-state index contributed by atoms with van der Waals surface area (Å²) in [6.45, 7) is 9.85. The molecule has 2 fully saturated rings. The molecule has 1 saturated carbocycles. The van der Waals surface area contributed by atoms with E-state index in [0.29, 0.717) is 6.10 Å². The quantitative estimate of drug-likeness (QED) is 0.165. The van der Waals surface area contributed by atoms with Crippen LogP contribution in [0.25, 0.3) is 0 Å². The zero-order valence-corrected chi connectivity index (χ0v) is 19.4. The number of nitrogens with zero attached hydrogens (tertiary/aromatic N) is 2. The van der Waals surface area contributed by atoms with Gasteiger partial charge in [0.1, 0.15) is 0 Å². The third-order valence-corrected chi connectivity index (χ3v) is 4.73. The maximum atomic E-state index is 5.69. The molecule has 0 radical (unpaired) electrons. The number of guanidine groups is 1. The van der Waals surface area contributed by atoms with E-state index in [1.54, 1.807) is 7.11 Å². The van der Waals surface area contributed by atoms with Crippen molar-refractivity contribution in [1.29, 1.82) is 0 Å². The summed E-state index contributed by atoms with van der Waals surface area (Å²) in [4.78, 5) is 7.16. The van der Waals surface area contributed by atoms with Crippen LogP contribution in [0.4, 0.5) is 0 Å². The van der Waals surface area contributed by atoms with E-state index in [2.05, 4.69) is 27.4 Å². The van der Waals surface area contributed by atoms with Crippen molar-refractivity contribution in [2.45, 2.75) is 51.2 Å². The van der Waals surface area contributed by atoms with Crippen LogP contribution in [0, 0.1) is 0 Å². The zero-order chi connectivity index (χ0) is 18.5. The third-order valence-electron chi connectivity index (χ3n) is 4.73. The highest BCUT2D eigenvalue weighted by atomic mass is 127. The Hall–Kier alpha value is -0.160. The first kappa shape index (κ1) is 24.9. The SMILES string of the molecule is CCNC(=NCCCOCC1CCCO1)NCCN(CCOC)C1CC1.I. The first-order valence-corrected chi connectivity index (χ1v) is 10.3. The fourth-order valence-electron chi connectivity index (χ4n) is 3.13. The van der Waals surface area contributed by atoms with Crippen LogP contribution in [0.1, 0.15) is 39.0 Å². The molecule has 0 spiro atoms. The topological polar surface area (TPSA) is 67.4 Å². The molecular formula is C19H39IN4O3. The normalized spacial score (nSPS) is 20.0. The van der Waals surface area contributed by atoms with Crippen molar-refractivity contribution in [2.24, 2.45) is 4.99 Å². The van der Waals surface area contributed by atoms with Gasteiger partial charge < -0.3 is 24.8 Å². The molecule has 1 atom stereocenters. The van der Waals surface area contributed by atoms with Crippen LogP contribution in [0.5, 0.6) is 0 Å². The van der Waals surface area contributed by atoms with Crippen LogP contribution < -0.4 is 10.6 Å². The number of nitrogens with one attached hydrogen (secondary N) is 2. The molecule has 8 heteroatoms. The number of hydrogen-bond acceptors (Lipinski definition) is 5. The van der Waals surface area contributed by atoms with Crippen LogP contribution >= 0.6 is 24.0 Å². The summed E-state index contributed by atoms with van der Waals surface area (Å²) < 4.78 is 16.5. The van der Waals surface area contributed by atoms with Crippen molar-refractivity contribution in [1.82, 2.24) is 15.5 Å². The smallest absolute Gasteiger partial charge is 0.191 e. The van der Waals surface area contributed by atoms with E-state index in [1.165, 1.54) is 19.3 Å². The second-order valence-electron chi connectivity index (χ2n) is 7.01. The predicted molar refractivity (Wildman–Crippen MR) is 120 cm³/mol. The van der Waals surface area contributed by atoms with Gasteiger partial charge in [0, 0.05) is 59.1 Å². The monoisotopic (exact) mass is 498 g/mol. The Labute approximate surface area is 182 Å². The van der Waals surface area contributed by atoms with Crippen LogP contribution in [0.2, 0.25) is 0 Å². The Morgan fingerprint density at radius 3 is 2.70 bits per heavy atom. The number of ether oxygens (including phenoxy) is 3. The van der Waals surface area contributed by atoms with E-state index in [9.17, 15) is 0 Å². The molecule has 160 valence electrons. The highest BCUT2D eigenvalue weighted by Crippen LogP contribution is 2.25. The van der Waals surface area contributed by atoms with Gasteiger partial charge in [0.2, 0.25) is 0 Å². The second kappa shape index (κ2) is 15.7. The van der Waals surface area contributed by atoms with Gasteiger partial charge >= 0.3 is 0 Å². The first-order chi connectivity index (χ1) is 12.8. The van der Waals surface area contributed by atoms with Crippen molar-refractivity contribution in [3.05, 3.63) is 0 Å². The van der Waals surface area contributed by atoms with E-state index >= 15 is 0 Å². The molecule has 1 aliphatic heterocycles. The Morgan fingerprint density at radius 1 is 1.19 bits per heavy atom. The van der Waals surface area contributed by atoms with E-state index < -0.39 is 0 Å². The van der Waals surface area contributed by atoms with Gasteiger partial charge in [0.05, 0.1) is 19.3 Å². The maximum Gasteiger partial charge on any atom is 0.191 e. The van der Waals surface area contributed by atoms with Gasteiger partial charge in [-0.25, -0.2) is 0 Å². The van der Waals surface area contributed by atoms with Crippen LogP contribution in [-0.2, 0) is 14.2 Å². The molecule has 0 aromatic rings. The fourth-order valence-corrected chi connectivity index (χ4v) is 3.13. The number of hydrogen-bond donors (Lipinski definition) is 2. The minimum atomic E-state index is 0. The van der Waals surface area contributed by atoms with E-state index in [1.807, 2.05) is 0 Å². The summed E-state index contributed by atoms with van der Waals surface area (Å²) in [6, 6.07) is 0.757. The number of aliphatic imine (C=N–C) groups is 1. The summed E-state index contributed by atoms with van der Waals surface area (Å²) in [5.41, 5.74) is 0. The van der Waals surface area contributed by atoms with Gasteiger partial charge in [0.25, 0.3) is 0 Å². The molecule has 0 aromatic heterocycles. The molecule has 2 rings (SSSR count). The van der Waals surface area contributed by atoms with Crippen molar-refractivity contribution >= 4 is 29.9 Å². The minimum Gasteiger partial charge on any atom is -0.383 e. The molecule has 0 aromatic carbocycles. The second-order valence-corrected chi connectivity index (χ2v) is 7.01. The summed E-state index contributed by atoms with van der Waals surface area (Å²) in [6.07, 6.45) is 6.19. The lowest BCUT2D eigenvalue weighted by Gasteiger charge is -2.22. The van der Waals surface area contributed by atoms with Crippen molar-refractivity contribution in [2.75, 3.05) is 66.3 Å². The fraction of sp³-hybridized carbons (Fsp3) is 0.947. The van der Waals surface area contributed by atoms with Gasteiger partial charge in [-0.3, -0.25) is 9.89 Å². The Balaban J connectivity index is 0.00000364. The summed E-state index contributed by atoms with van der Waals surface area (Å²) in [5, 5.41) is 6.76. The Morgan fingerprint density at radius 2 is 2.04 bits per heavy atom. The summed E-state index contributed by atoms with van der Waals surface area (Å²) in [7, 11) is 1.77. The standard InChI is InChI=1S/C19H38N4O3.HI/c1-3-20-19(21-9-5-13-25-16-18-6-4-14-26-18)22-10-11-23(12-15-24-2)17-7-8-17;/h17-18H,3-16H2,1-2H3,(H2,20,21,22);1H. The average molecular weight is 498 g/mol. The van der Waals surface area contributed by atoms with E-state index in [4.69, 9.17) is 14.2 Å². The lowest BCUT2D eigenvalue weighted by Crippen LogP contribution is -2.42. The van der Waals surface area contributed by atoms with Gasteiger partial charge in [-0.05, 0) is 39.0 Å². The molecule has 7 nitrogen and oxygen atoms in total. The zero-order valence-electron chi connectivity index (χ0n) is 17.1. The molecule has 2 N–H and O–H groups in total.